The van der Waals surface area contributed by atoms with Crippen LogP contribution >= 0.6 is 0 Å². The van der Waals surface area contributed by atoms with Gasteiger partial charge in [0.1, 0.15) is 5.69 Å². The molecular weight excluding hydrogens is 304 g/mol. The van der Waals surface area contributed by atoms with Gasteiger partial charge in [0.25, 0.3) is 5.69 Å². The molecule has 1 heterocycles. The van der Waals surface area contributed by atoms with Crippen LogP contribution in [0.25, 0.3) is 0 Å². The SMILES string of the molecule is CC1(c2ccccc2)CCCN(c2cc(CO)ccc2[N+](=O)[O-])C1. The first-order valence-electron chi connectivity index (χ1n) is 8.22. The maximum Gasteiger partial charge on any atom is 0.292 e. The average Bonchev–Trinajstić information content (AvgIpc) is 2.62. The summed E-state index contributed by atoms with van der Waals surface area (Å²) in [6.45, 7) is 3.62. The van der Waals surface area contributed by atoms with Gasteiger partial charge < -0.3 is 10.0 Å². The fourth-order valence-electron chi connectivity index (χ4n) is 3.60. The zero-order valence-corrected chi connectivity index (χ0v) is 13.8. The van der Waals surface area contributed by atoms with E-state index in [1.807, 2.05) is 18.2 Å². The number of nitrogens with zero attached hydrogens (tertiary/aromatic N) is 2. The number of hydrogen-bond donors (Lipinski definition) is 1. The topological polar surface area (TPSA) is 66.6 Å². The normalized spacial score (nSPS) is 20.8. The Hall–Kier alpha value is -2.40. The summed E-state index contributed by atoms with van der Waals surface area (Å²) in [7, 11) is 0. The molecule has 3 rings (SSSR count). The van der Waals surface area contributed by atoms with Crippen molar-refractivity contribution in [2.75, 3.05) is 18.0 Å². The molecule has 1 aliphatic heterocycles. The molecule has 2 aromatic rings. The standard InChI is InChI=1S/C19H22N2O3/c1-19(16-6-3-2-4-7-16)10-5-11-20(14-19)18-12-15(13-22)8-9-17(18)21(23)24/h2-4,6-9,12,22H,5,10-11,13-14H2,1H3. The molecule has 126 valence electrons. The predicted molar refractivity (Wildman–Crippen MR) is 94.3 cm³/mol. The molecule has 0 amide bonds. The molecule has 0 aliphatic carbocycles. The largest absolute Gasteiger partial charge is 0.392 e. The maximum absolute atomic E-state index is 11.4. The third-order valence-corrected chi connectivity index (χ3v) is 4.93. The summed E-state index contributed by atoms with van der Waals surface area (Å²) in [6.07, 6.45) is 2.03. The highest BCUT2D eigenvalue weighted by atomic mass is 16.6. The van der Waals surface area contributed by atoms with Crippen molar-refractivity contribution in [1.29, 1.82) is 0 Å². The summed E-state index contributed by atoms with van der Waals surface area (Å²) >= 11 is 0. The van der Waals surface area contributed by atoms with Gasteiger partial charge in [-0.2, -0.15) is 0 Å². The second kappa shape index (κ2) is 6.61. The lowest BCUT2D eigenvalue weighted by atomic mass is 9.76. The van der Waals surface area contributed by atoms with E-state index in [2.05, 4.69) is 24.0 Å². The van der Waals surface area contributed by atoms with Crippen molar-refractivity contribution in [2.45, 2.75) is 31.8 Å². The van der Waals surface area contributed by atoms with Crippen LogP contribution in [0.4, 0.5) is 11.4 Å². The highest BCUT2D eigenvalue weighted by molar-refractivity contribution is 5.65. The number of aliphatic hydroxyl groups excluding tert-OH is 1. The van der Waals surface area contributed by atoms with Crippen molar-refractivity contribution < 1.29 is 10.0 Å². The van der Waals surface area contributed by atoms with E-state index >= 15 is 0 Å². The lowest BCUT2D eigenvalue weighted by molar-refractivity contribution is -0.384. The second-order valence-corrected chi connectivity index (χ2v) is 6.69. The van der Waals surface area contributed by atoms with E-state index < -0.39 is 0 Å². The van der Waals surface area contributed by atoms with Crippen LogP contribution < -0.4 is 4.90 Å². The monoisotopic (exact) mass is 326 g/mol. The van der Waals surface area contributed by atoms with E-state index in [-0.39, 0.29) is 22.6 Å². The first-order chi connectivity index (χ1) is 11.5. The maximum atomic E-state index is 11.4. The van der Waals surface area contributed by atoms with E-state index in [0.29, 0.717) is 11.3 Å². The third-order valence-electron chi connectivity index (χ3n) is 4.93. The Balaban J connectivity index is 1.97. The third kappa shape index (κ3) is 3.12. The Morgan fingerprint density at radius 1 is 1.25 bits per heavy atom. The van der Waals surface area contributed by atoms with Crippen molar-refractivity contribution in [3.05, 3.63) is 69.8 Å². The van der Waals surface area contributed by atoms with Crippen molar-refractivity contribution in [1.82, 2.24) is 0 Å². The zero-order valence-electron chi connectivity index (χ0n) is 13.8. The van der Waals surface area contributed by atoms with Gasteiger partial charge in [0.05, 0.1) is 11.5 Å². The number of hydrogen-bond acceptors (Lipinski definition) is 4. The summed E-state index contributed by atoms with van der Waals surface area (Å²) in [5, 5.41) is 20.8. The molecule has 5 heteroatoms. The van der Waals surface area contributed by atoms with E-state index in [9.17, 15) is 15.2 Å². The van der Waals surface area contributed by atoms with Gasteiger partial charge in [-0.05, 0) is 36.1 Å². The molecule has 1 atom stereocenters. The van der Waals surface area contributed by atoms with Crippen LogP contribution in [0.2, 0.25) is 0 Å². The summed E-state index contributed by atoms with van der Waals surface area (Å²) in [6, 6.07) is 15.2. The van der Waals surface area contributed by atoms with Crippen LogP contribution in [0.15, 0.2) is 48.5 Å². The number of benzene rings is 2. The van der Waals surface area contributed by atoms with Crippen molar-refractivity contribution >= 4 is 11.4 Å². The summed E-state index contributed by atoms with van der Waals surface area (Å²) in [5.41, 5.74) is 2.62. The minimum Gasteiger partial charge on any atom is -0.392 e. The highest BCUT2D eigenvalue weighted by Gasteiger charge is 2.34. The fourth-order valence-corrected chi connectivity index (χ4v) is 3.60. The zero-order chi connectivity index (χ0) is 17.2. The lowest BCUT2D eigenvalue weighted by Gasteiger charge is -2.42. The summed E-state index contributed by atoms with van der Waals surface area (Å²) in [4.78, 5) is 13.2. The second-order valence-electron chi connectivity index (χ2n) is 6.69. The molecule has 1 saturated heterocycles. The lowest BCUT2D eigenvalue weighted by Crippen LogP contribution is -2.44. The van der Waals surface area contributed by atoms with Crippen LogP contribution in [0, 0.1) is 10.1 Å². The summed E-state index contributed by atoms with van der Waals surface area (Å²) < 4.78 is 0. The number of nitro groups is 1. The minimum atomic E-state index is -0.342. The predicted octanol–water partition coefficient (Wildman–Crippen LogP) is 3.65. The van der Waals surface area contributed by atoms with Gasteiger partial charge in [0.15, 0.2) is 0 Å². The first kappa shape index (κ1) is 16.5. The van der Waals surface area contributed by atoms with Gasteiger partial charge in [-0.3, -0.25) is 10.1 Å². The Morgan fingerprint density at radius 3 is 2.67 bits per heavy atom. The smallest absolute Gasteiger partial charge is 0.292 e. The molecule has 1 fully saturated rings. The van der Waals surface area contributed by atoms with Crippen LogP contribution in [0.3, 0.4) is 0 Å². The number of piperidine rings is 1. The fraction of sp³-hybridized carbons (Fsp3) is 0.368. The number of anilines is 1. The van der Waals surface area contributed by atoms with Crippen molar-refractivity contribution in [3.63, 3.8) is 0 Å². The Morgan fingerprint density at radius 2 is 2.00 bits per heavy atom. The molecule has 1 N–H and O–H groups in total. The first-order valence-corrected chi connectivity index (χ1v) is 8.22. The summed E-state index contributed by atoms with van der Waals surface area (Å²) in [5.74, 6) is 0. The Labute approximate surface area is 141 Å². The molecule has 5 nitrogen and oxygen atoms in total. The minimum absolute atomic E-state index is 0.0391. The van der Waals surface area contributed by atoms with E-state index in [1.54, 1.807) is 12.1 Å². The molecule has 0 radical (unpaired) electrons. The van der Waals surface area contributed by atoms with Gasteiger partial charge in [-0.15, -0.1) is 0 Å². The van der Waals surface area contributed by atoms with E-state index in [1.165, 1.54) is 11.6 Å². The number of rotatable bonds is 4. The molecule has 0 aromatic heterocycles. The molecular formula is C19H22N2O3. The molecule has 24 heavy (non-hydrogen) atoms. The molecule has 0 bridgehead atoms. The molecule has 0 spiro atoms. The molecule has 1 unspecified atom stereocenters. The molecule has 0 saturated carbocycles. The number of aliphatic hydroxyl groups is 1. The Bertz CT molecular complexity index is 733. The van der Waals surface area contributed by atoms with Gasteiger partial charge in [-0.25, -0.2) is 0 Å². The van der Waals surface area contributed by atoms with Crippen LogP contribution in [-0.2, 0) is 12.0 Å². The Kier molecular flexibility index (Phi) is 4.53. The van der Waals surface area contributed by atoms with Crippen LogP contribution in [0.1, 0.15) is 30.9 Å². The van der Waals surface area contributed by atoms with E-state index in [4.69, 9.17) is 0 Å². The average molecular weight is 326 g/mol. The van der Waals surface area contributed by atoms with E-state index in [0.717, 1.165) is 25.9 Å². The number of nitro benzene ring substituents is 1. The highest BCUT2D eigenvalue weighted by Crippen LogP contribution is 2.38. The van der Waals surface area contributed by atoms with Crippen LogP contribution in [0.5, 0.6) is 0 Å². The van der Waals surface area contributed by atoms with Crippen molar-refractivity contribution in [3.8, 4) is 0 Å². The van der Waals surface area contributed by atoms with Gasteiger partial charge in [0, 0.05) is 24.6 Å². The van der Waals surface area contributed by atoms with Crippen LogP contribution in [-0.4, -0.2) is 23.1 Å². The molecule has 2 aromatic carbocycles. The van der Waals surface area contributed by atoms with Crippen molar-refractivity contribution in [2.24, 2.45) is 0 Å². The van der Waals surface area contributed by atoms with Gasteiger partial charge >= 0.3 is 0 Å². The molecule has 1 aliphatic rings. The van der Waals surface area contributed by atoms with Gasteiger partial charge in [-0.1, -0.05) is 37.3 Å². The van der Waals surface area contributed by atoms with Gasteiger partial charge in [0.2, 0.25) is 0 Å². The quantitative estimate of drug-likeness (QED) is 0.688.